The van der Waals surface area contributed by atoms with Gasteiger partial charge < -0.3 is 0 Å². The first-order chi connectivity index (χ1) is 5.38. The van der Waals surface area contributed by atoms with Gasteiger partial charge in [-0.25, -0.2) is 5.09 Å². The van der Waals surface area contributed by atoms with Crippen LogP contribution in [0.5, 0.6) is 0 Å². The largest absolute Gasteiger partial charge is 0.227 e. The zero-order valence-corrected chi connectivity index (χ0v) is 8.96. The van der Waals surface area contributed by atoms with Gasteiger partial charge >= 0.3 is 0 Å². The van der Waals surface area contributed by atoms with Crippen LogP contribution in [0.2, 0.25) is 0 Å². The van der Waals surface area contributed by atoms with Gasteiger partial charge in [0.15, 0.2) is 0 Å². The maximum atomic E-state index is 4.46. The molecule has 0 spiro atoms. The maximum Gasteiger partial charge on any atom is 0.0699 e. The SMILES string of the molecule is CCCC1=C(CCC)P=P[N]1. The first-order valence-corrected chi connectivity index (χ1v) is 6.67. The summed E-state index contributed by atoms with van der Waals surface area (Å²) in [7, 11) is 2.69. The average Bonchev–Trinajstić information content (AvgIpc) is 2.39. The molecule has 1 nitrogen and oxygen atoms in total. The van der Waals surface area contributed by atoms with Crippen LogP contribution in [-0.4, -0.2) is 0 Å². The summed E-state index contributed by atoms with van der Waals surface area (Å²) < 4.78 is 0. The molecule has 11 heavy (non-hydrogen) atoms. The molecule has 0 amide bonds. The van der Waals surface area contributed by atoms with E-state index in [1.165, 1.54) is 47.3 Å². The van der Waals surface area contributed by atoms with Crippen LogP contribution in [0.25, 0.3) is 0 Å². The van der Waals surface area contributed by atoms with Gasteiger partial charge in [-0.15, -0.1) is 0 Å². The molecule has 0 aromatic carbocycles. The quantitative estimate of drug-likeness (QED) is 0.586. The van der Waals surface area contributed by atoms with E-state index < -0.39 is 0 Å². The van der Waals surface area contributed by atoms with Gasteiger partial charge in [0.2, 0.25) is 0 Å². The van der Waals surface area contributed by atoms with Crippen molar-refractivity contribution in [2.75, 3.05) is 0 Å². The van der Waals surface area contributed by atoms with Crippen LogP contribution in [0.4, 0.5) is 0 Å². The van der Waals surface area contributed by atoms with E-state index in [-0.39, 0.29) is 0 Å². The minimum Gasteiger partial charge on any atom is -0.227 e. The molecule has 1 aliphatic rings. The molecule has 1 radical (unpaired) electrons. The van der Waals surface area contributed by atoms with Crippen molar-refractivity contribution in [2.45, 2.75) is 39.5 Å². The zero-order valence-electron chi connectivity index (χ0n) is 7.17. The Balaban J connectivity index is 2.52. The molecule has 0 aliphatic carbocycles. The number of hydrogen-bond donors (Lipinski definition) is 0. The van der Waals surface area contributed by atoms with Crippen molar-refractivity contribution in [3.8, 4) is 0 Å². The molecule has 0 N–H and O–H groups in total. The Bertz CT molecular complexity index is 185. The first kappa shape index (κ1) is 9.23. The van der Waals surface area contributed by atoms with E-state index in [2.05, 4.69) is 18.9 Å². The van der Waals surface area contributed by atoms with Crippen molar-refractivity contribution >= 4 is 15.9 Å². The van der Waals surface area contributed by atoms with Crippen LogP contribution in [0, 0.1) is 0 Å². The molecule has 0 fully saturated rings. The Morgan fingerprint density at radius 3 is 2.55 bits per heavy atom. The van der Waals surface area contributed by atoms with E-state index in [0.29, 0.717) is 0 Å². The Hall–Kier alpha value is 0.140. The van der Waals surface area contributed by atoms with E-state index in [0.717, 1.165) is 0 Å². The molecule has 1 aliphatic heterocycles. The second-order valence-electron chi connectivity index (χ2n) is 2.68. The second kappa shape index (κ2) is 4.91. The second-order valence-corrected chi connectivity index (χ2v) is 4.94. The highest BCUT2D eigenvalue weighted by molar-refractivity contribution is 7.85. The Labute approximate surface area is 72.1 Å². The van der Waals surface area contributed by atoms with Crippen LogP contribution in [0.1, 0.15) is 39.5 Å². The van der Waals surface area contributed by atoms with E-state index in [1.807, 2.05) is 0 Å². The van der Waals surface area contributed by atoms with Crippen molar-refractivity contribution < 1.29 is 0 Å². The van der Waals surface area contributed by atoms with E-state index >= 15 is 0 Å². The number of hydrogen-bond acceptors (Lipinski definition) is 0. The van der Waals surface area contributed by atoms with Crippen LogP contribution < -0.4 is 5.09 Å². The third kappa shape index (κ3) is 2.58. The molecule has 0 saturated heterocycles. The van der Waals surface area contributed by atoms with Crippen molar-refractivity contribution in [2.24, 2.45) is 0 Å². The highest BCUT2D eigenvalue weighted by Crippen LogP contribution is 2.39. The molecule has 0 atom stereocenters. The molecule has 0 aromatic heterocycles. The lowest BCUT2D eigenvalue weighted by molar-refractivity contribution is 0.838. The fourth-order valence-corrected chi connectivity index (χ4v) is 3.70. The standard InChI is InChI=1S/C8H14NP2/c1-3-5-7-8(6-4-2)10-11-9-7/h3-6H2,1-2H3. The van der Waals surface area contributed by atoms with Crippen LogP contribution >= 0.6 is 15.9 Å². The van der Waals surface area contributed by atoms with Gasteiger partial charge in [0.25, 0.3) is 0 Å². The van der Waals surface area contributed by atoms with E-state index in [4.69, 9.17) is 0 Å². The van der Waals surface area contributed by atoms with Crippen LogP contribution in [0.15, 0.2) is 11.0 Å². The van der Waals surface area contributed by atoms with Crippen molar-refractivity contribution in [1.82, 2.24) is 5.09 Å². The molecular formula is C8H14NP2. The lowest BCUT2D eigenvalue weighted by Crippen LogP contribution is -1.91. The van der Waals surface area contributed by atoms with Gasteiger partial charge in [0, 0.05) is 5.31 Å². The third-order valence-electron chi connectivity index (χ3n) is 1.64. The molecule has 0 aromatic rings. The maximum absolute atomic E-state index is 4.46. The number of allylic oxidation sites excluding steroid dienone is 2. The van der Waals surface area contributed by atoms with Crippen LogP contribution in [0.3, 0.4) is 0 Å². The fourth-order valence-electron chi connectivity index (χ4n) is 1.11. The van der Waals surface area contributed by atoms with Gasteiger partial charge in [-0.3, -0.25) is 0 Å². The summed E-state index contributed by atoms with van der Waals surface area (Å²) in [6.45, 7) is 4.46. The molecule has 3 heteroatoms. The first-order valence-electron chi connectivity index (χ1n) is 4.22. The van der Waals surface area contributed by atoms with Gasteiger partial charge in [-0.2, -0.15) is 0 Å². The highest BCUT2D eigenvalue weighted by atomic mass is 31.7. The fraction of sp³-hybridized carbons (Fsp3) is 0.750. The Morgan fingerprint density at radius 2 is 1.91 bits per heavy atom. The topological polar surface area (TPSA) is 14.1 Å². The average molecular weight is 186 g/mol. The van der Waals surface area contributed by atoms with E-state index in [9.17, 15) is 0 Å². The Morgan fingerprint density at radius 1 is 1.18 bits per heavy atom. The molecule has 0 bridgehead atoms. The van der Waals surface area contributed by atoms with Gasteiger partial charge in [0.1, 0.15) is 0 Å². The molecule has 0 unspecified atom stereocenters. The molecular weight excluding hydrogens is 172 g/mol. The van der Waals surface area contributed by atoms with Crippen LogP contribution in [-0.2, 0) is 0 Å². The Kier molecular flexibility index (Phi) is 4.12. The lowest BCUT2D eigenvalue weighted by Gasteiger charge is -2.00. The third-order valence-corrected chi connectivity index (χ3v) is 4.04. The molecule has 0 saturated carbocycles. The summed E-state index contributed by atoms with van der Waals surface area (Å²) >= 11 is 0. The summed E-state index contributed by atoms with van der Waals surface area (Å²) in [5, 5.41) is 6.06. The molecule has 61 valence electrons. The summed E-state index contributed by atoms with van der Waals surface area (Å²) in [5.41, 5.74) is 1.40. The monoisotopic (exact) mass is 186 g/mol. The molecule has 1 heterocycles. The summed E-state index contributed by atoms with van der Waals surface area (Å²) in [6.07, 6.45) is 4.94. The number of nitrogens with zero attached hydrogens (tertiary/aromatic N) is 1. The van der Waals surface area contributed by atoms with E-state index in [1.54, 1.807) is 5.31 Å². The van der Waals surface area contributed by atoms with Crippen molar-refractivity contribution in [3.05, 3.63) is 11.0 Å². The summed E-state index contributed by atoms with van der Waals surface area (Å²) in [5.74, 6) is 0. The summed E-state index contributed by atoms with van der Waals surface area (Å²) in [6, 6.07) is 0. The van der Waals surface area contributed by atoms with Crippen molar-refractivity contribution in [1.29, 1.82) is 0 Å². The zero-order chi connectivity index (χ0) is 8.10. The minimum absolute atomic E-state index is 1.19. The van der Waals surface area contributed by atoms with Gasteiger partial charge in [-0.05, 0) is 20.7 Å². The van der Waals surface area contributed by atoms with Gasteiger partial charge in [0.05, 0.1) is 13.7 Å². The smallest absolute Gasteiger partial charge is 0.0699 e. The normalized spacial score (nSPS) is 18.7. The molecule has 1 rings (SSSR count). The van der Waals surface area contributed by atoms with Crippen molar-refractivity contribution in [3.63, 3.8) is 0 Å². The highest BCUT2D eigenvalue weighted by Gasteiger charge is 2.09. The van der Waals surface area contributed by atoms with Gasteiger partial charge in [-0.1, -0.05) is 26.7 Å². The lowest BCUT2D eigenvalue weighted by atomic mass is 10.2. The number of rotatable bonds is 4. The predicted octanol–water partition coefficient (Wildman–Crippen LogP) is 4.14. The summed E-state index contributed by atoms with van der Waals surface area (Å²) in [4.78, 5) is 0. The predicted molar refractivity (Wildman–Crippen MR) is 52.8 cm³/mol. The minimum atomic E-state index is 1.19.